The average Bonchev–Trinajstić information content (AvgIpc) is 4.28. The molecule has 372 valence electrons. The Labute approximate surface area is 443 Å². The topological polar surface area (TPSA) is 65.2 Å². The predicted molar refractivity (Wildman–Crippen MR) is 314 cm³/mol. The molecular formula is C68H64N6O. The summed E-state index contributed by atoms with van der Waals surface area (Å²) in [5.41, 5.74) is 20.9. The van der Waals surface area contributed by atoms with Gasteiger partial charge in [0.25, 0.3) is 0 Å². The molecule has 7 aliphatic rings. The maximum absolute atomic E-state index is 6.36. The number of ether oxygens (including phenoxy) is 1. The van der Waals surface area contributed by atoms with Crippen molar-refractivity contribution in [3.63, 3.8) is 0 Å². The van der Waals surface area contributed by atoms with Gasteiger partial charge in [0.05, 0.1) is 52.2 Å². The van der Waals surface area contributed by atoms with Crippen molar-refractivity contribution in [2.75, 3.05) is 19.7 Å². The van der Waals surface area contributed by atoms with Crippen LogP contribution in [-0.4, -0.2) is 52.3 Å². The number of aliphatic imine (C=N–C) groups is 4. The molecule has 0 N–H and O–H groups in total. The van der Waals surface area contributed by atoms with E-state index >= 15 is 0 Å². The second kappa shape index (κ2) is 22.4. The van der Waals surface area contributed by atoms with Gasteiger partial charge in [0.2, 0.25) is 0 Å². The zero-order chi connectivity index (χ0) is 51.1. The van der Waals surface area contributed by atoms with Crippen LogP contribution in [0.25, 0.3) is 22.3 Å². The summed E-state index contributed by atoms with van der Waals surface area (Å²) in [4.78, 5) is 26.4. The van der Waals surface area contributed by atoms with Gasteiger partial charge in [-0.15, -0.1) is 0 Å². The molecule has 0 saturated carbocycles. The summed E-state index contributed by atoms with van der Waals surface area (Å²) in [6, 6.07) is 34.3. The molecule has 8 bridgehead atoms. The first kappa shape index (κ1) is 48.8. The van der Waals surface area contributed by atoms with Crippen LogP contribution in [0.3, 0.4) is 0 Å². The molecule has 0 fully saturated rings. The molecule has 75 heavy (non-hydrogen) atoms. The number of aryl methyl sites for hydroxylation is 3. The molecule has 4 aromatic rings. The van der Waals surface area contributed by atoms with Gasteiger partial charge >= 0.3 is 0 Å². The van der Waals surface area contributed by atoms with E-state index in [1.54, 1.807) is 0 Å². The molecule has 0 unspecified atom stereocenters. The quantitative estimate of drug-likeness (QED) is 0.105. The van der Waals surface area contributed by atoms with Gasteiger partial charge < -0.3 is 14.5 Å². The number of nitrogens with zero attached hydrogens (tertiary/aromatic N) is 6. The second-order valence-corrected chi connectivity index (χ2v) is 20.1. The fourth-order valence-electron chi connectivity index (χ4n) is 10.5. The van der Waals surface area contributed by atoms with Crippen molar-refractivity contribution in [1.82, 2.24) is 9.80 Å². The van der Waals surface area contributed by atoms with Crippen LogP contribution in [0.4, 0.5) is 0 Å². The molecule has 0 aliphatic carbocycles. The SMILES string of the molecule is CCCN1C=CC(=C2C=CN(CCCCCCCCOc3ccc(C4=C5C=CC(=N5)C(c5cccc(C)c5)=C5C=CC(=N5)C(c5cccc(C)c5)=C5C=CC(=N5)C(c5cccc(C)c5)=C5C=CC4=N5)cc3)C=C2)C=C1. The maximum atomic E-state index is 6.36. The van der Waals surface area contributed by atoms with Gasteiger partial charge in [0, 0.05) is 60.2 Å². The number of allylic oxidation sites excluding steroid dienone is 18. The highest BCUT2D eigenvalue weighted by atomic mass is 16.5. The number of unbranched alkanes of at least 4 members (excludes halogenated alkanes) is 5. The Hall–Kier alpha value is -8.42. The summed E-state index contributed by atoms with van der Waals surface area (Å²) in [5, 5.41) is 0. The van der Waals surface area contributed by atoms with Crippen LogP contribution in [0.2, 0.25) is 0 Å². The molecule has 0 radical (unpaired) electrons. The van der Waals surface area contributed by atoms with E-state index in [4.69, 9.17) is 24.7 Å². The van der Waals surface area contributed by atoms with E-state index in [0.29, 0.717) is 6.61 Å². The highest BCUT2D eigenvalue weighted by Crippen LogP contribution is 2.39. The molecule has 0 saturated heterocycles. The Morgan fingerprint density at radius 1 is 0.373 bits per heavy atom. The van der Waals surface area contributed by atoms with E-state index in [-0.39, 0.29) is 0 Å². The molecular weight excluding hydrogens is 917 g/mol. The Bertz CT molecular complexity index is 3410. The molecule has 7 nitrogen and oxygen atoms in total. The minimum absolute atomic E-state index is 0.688. The van der Waals surface area contributed by atoms with Gasteiger partial charge in [-0.3, -0.25) is 0 Å². The lowest BCUT2D eigenvalue weighted by Crippen LogP contribution is -2.14. The molecule has 7 aliphatic heterocycles. The van der Waals surface area contributed by atoms with E-state index in [1.165, 1.54) is 53.5 Å². The van der Waals surface area contributed by atoms with Gasteiger partial charge in [-0.2, -0.15) is 0 Å². The Morgan fingerprint density at radius 2 is 0.747 bits per heavy atom. The van der Waals surface area contributed by atoms with E-state index in [9.17, 15) is 0 Å². The highest BCUT2D eigenvalue weighted by molar-refractivity contribution is 6.39. The van der Waals surface area contributed by atoms with Gasteiger partial charge in [-0.1, -0.05) is 134 Å². The first-order chi connectivity index (χ1) is 36.8. The lowest BCUT2D eigenvalue weighted by molar-refractivity contribution is 0.304. The van der Waals surface area contributed by atoms with E-state index in [2.05, 4.69) is 232 Å². The van der Waals surface area contributed by atoms with Crippen LogP contribution in [0.5, 0.6) is 5.75 Å². The van der Waals surface area contributed by atoms with Crippen LogP contribution in [0.15, 0.2) is 249 Å². The predicted octanol–water partition coefficient (Wildman–Crippen LogP) is 15.7. The maximum Gasteiger partial charge on any atom is 0.119 e. The van der Waals surface area contributed by atoms with Crippen molar-refractivity contribution >= 4 is 45.1 Å². The first-order valence-electron chi connectivity index (χ1n) is 26.8. The summed E-state index contributed by atoms with van der Waals surface area (Å²) >= 11 is 0. The standard InChI is InChI=1S/C68H64N6O/c1-5-37-73-39-33-50(34-40-73)51-35-41-74(42-36-51)38-10-8-6-7-9-11-43-75-56-23-21-52(22-24-56)65-57-25-27-59(69-57)66(53-18-12-15-47(2)44-53)61-29-31-63(71-61)68(55-20-14-17-49(4)46-55)64-32-30-62(72-64)67(60-28-26-58(65)70-60)54-19-13-16-48(3)45-54/h12-36,39-42,44-46H,5-11,37-38,43H2,1-4H3. The summed E-state index contributed by atoms with van der Waals surface area (Å²) in [5.74, 6) is 0.860. The minimum Gasteiger partial charge on any atom is -0.494 e. The molecule has 0 amide bonds. The number of benzene rings is 4. The van der Waals surface area contributed by atoms with Crippen LogP contribution >= 0.6 is 0 Å². The lowest BCUT2D eigenvalue weighted by Gasteiger charge is -2.21. The third kappa shape index (κ3) is 11.1. The second-order valence-electron chi connectivity index (χ2n) is 20.1. The number of fused-ring (bicyclic) bond motifs is 4. The third-order valence-corrected chi connectivity index (χ3v) is 14.3. The molecule has 0 atom stereocenters. The van der Waals surface area contributed by atoms with E-state index < -0.39 is 0 Å². The normalized spacial score (nSPS) is 17.4. The van der Waals surface area contributed by atoms with Crippen LogP contribution < -0.4 is 4.74 Å². The number of hydrogen-bond acceptors (Lipinski definition) is 7. The van der Waals surface area contributed by atoms with E-state index in [0.717, 1.165) is 128 Å². The third-order valence-electron chi connectivity index (χ3n) is 14.3. The van der Waals surface area contributed by atoms with Crippen molar-refractivity contribution < 1.29 is 4.74 Å². The van der Waals surface area contributed by atoms with Gasteiger partial charge in [-0.05, 0) is 158 Å². The Kier molecular flexibility index (Phi) is 14.6. The van der Waals surface area contributed by atoms with Gasteiger partial charge in [-0.25, -0.2) is 20.0 Å². The zero-order valence-corrected chi connectivity index (χ0v) is 43.6. The molecule has 4 aromatic carbocycles. The smallest absolute Gasteiger partial charge is 0.119 e. The van der Waals surface area contributed by atoms with Crippen LogP contribution in [-0.2, 0) is 0 Å². The zero-order valence-electron chi connectivity index (χ0n) is 43.6. The molecule has 7 heteroatoms. The summed E-state index contributed by atoms with van der Waals surface area (Å²) < 4.78 is 6.36. The van der Waals surface area contributed by atoms with Crippen molar-refractivity contribution in [2.45, 2.75) is 72.6 Å². The molecule has 11 rings (SSSR count). The van der Waals surface area contributed by atoms with Crippen molar-refractivity contribution in [3.8, 4) is 5.75 Å². The van der Waals surface area contributed by atoms with Crippen molar-refractivity contribution in [1.29, 1.82) is 0 Å². The van der Waals surface area contributed by atoms with Crippen LogP contribution in [0, 0.1) is 20.8 Å². The number of rotatable bonds is 16. The van der Waals surface area contributed by atoms with Crippen LogP contribution in [0.1, 0.15) is 90.8 Å². The molecule has 0 spiro atoms. The number of hydrogen-bond donors (Lipinski definition) is 0. The fraction of sp³-hybridized carbons (Fsp3) is 0.206. The summed E-state index contributed by atoms with van der Waals surface area (Å²) in [6.07, 6.45) is 42.9. The minimum atomic E-state index is 0.688. The Balaban J connectivity index is 0.828. The molecule has 0 aromatic heterocycles. The highest BCUT2D eigenvalue weighted by Gasteiger charge is 2.28. The van der Waals surface area contributed by atoms with Gasteiger partial charge in [0.15, 0.2) is 0 Å². The molecule has 7 heterocycles. The summed E-state index contributed by atoms with van der Waals surface area (Å²) in [7, 11) is 0. The van der Waals surface area contributed by atoms with Crippen molar-refractivity contribution in [2.24, 2.45) is 20.0 Å². The Morgan fingerprint density at radius 3 is 1.15 bits per heavy atom. The van der Waals surface area contributed by atoms with E-state index in [1.807, 2.05) is 0 Å². The van der Waals surface area contributed by atoms with Crippen molar-refractivity contribution in [3.05, 3.63) is 268 Å². The van der Waals surface area contributed by atoms with Gasteiger partial charge in [0.1, 0.15) is 5.75 Å². The first-order valence-corrected chi connectivity index (χ1v) is 26.8. The summed E-state index contributed by atoms with van der Waals surface area (Å²) in [6.45, 7) is 11.4. The monoisotopic (exact) mass is 981 g/mol. The average molecular weight is 981 g/mol. The largest absolute Gasteiger partial charge is 0.494 e. The lowest BCUT2D eigenvalue weighted by atomic mass is 9.97. The fourth-order valence-corrected chi connectivity index (χ4v) is 10.5.